The van der Waals surface area contributed by atoms with Gasteiger partial charge in [0.1, 0.15) is 6.04 Å². The molecule has 0 aliphatic rings. The van der Waals surface area contributed by atoms with E-state index < -0.39 is 18.0 Å². The fourth-order valence-electron chi connectivity index (χ4n) is 4.69. The predicted molar refractivity (Wildman–Crippen MR) is 148 cm³/mol. The Balaban J connectivity index is 3.32. The molecule has 0 radical (unpaired) electrons. The van der Waals surface area contributed by atoms with Crippen molar-refractivity contribution in [2.75, 3.05) is 0 Å². The molecule has 3 N–H and O–H groups in total. The summed E-state index contributed by atoms with van der Waals surface area (Å²) in [5, 5.41) is 20.2. The first-order valence-corrected chi connectivity index (χ1v) is 15.2. The smallest absolute Gasteiger partial charge is 0.326 e. The molecule has 0 heterocycles. The Kier molecular flexibility index (Phi) is 25.3. The molecule has 0 aromatic carbocycles. The Labute approximate surface area is 221 Å². The Morgan fingerprint density at radius 1 is 0.528 bits per heavy atom. The summed E-state index contributed by atoms with van der Waals surface area (Å²) in [5.41, 5.74) is 0. The van der Waals surface area contributed by atoms with Gasteiger partial charge in [-0.3, -0.25) is 9.59 Å². The highest BCUT2D eigenvalue weighted by atomic mass is 16.4. The molecule has 212 valence electrons. The van der Waals surface area contributed by atoms with Gasteiger partial charge in [-0.05, 0) is 12.8 Å². The van der Waals surface area contributed by atoms with E-state index in [1.165, 1.54) is 122 Å². The third kappa shape index (κ3) is 25.5. The van der Waals surface area contributed by atoms with Crippen LogP contribution in [0.4, 0.5) is 0 Å². The summed E-state index contributed by atoms with van der Waals surface area (Å²) in [6, 6.07) is -1.12. The average Bonchev–Trinajstić information content (AvgIpc) is 2.84. The SMILES string of the molecule is CCCCCCCCCCCCCCCCCCCCCCCCC(=O)N[C@@H](CCC(=O)O)C(=O)O. The van der Waals surface area contributed by atoms with Crippen molar-refractivity contribution in [2.24, 2.45) is 0 Å². The van der Waals surface area contributed by atoms with Gasteiger partial charge in [-0.2, -0.15) is 0 Å². The molecule has 0 aromatic rings. The van der Waals surface area contributed by atoms with Crippen molar-refractivity contribution in [3.63, 3.8) is 0 Å². The van der Waals surface area contributed by atoms with Gasteiger partial charge in [0.25, 0.3) is 0 Å². The minimum Gasteiger partial charge on any atom is -0.481 e. The summed E-state index contributed by atoms with van der Waals surface area (Å²) in [7, 11) is 0. The highest BCUT2D eigenvalue weighted by Crippen LogP contribution is 2.15. The third-order valence-corrected chi connectivity index (χ3v) is 7.04. The molecule has 0 saturated carbocycles. The topological polar surface area (TPSA) is 104 Å². The molecule has 0 aliphatic heterocycles. The van der Waals surface area contributed by atoms with Crippen molar-refractivity contribution < 1.29 is 24.6 Å². The number of amides is 1. The maximum absolute atomic E-state index is 11.9. The van der Waals surface area contributed by atoms with Gasteiger partial charge in [0, 0.05) is 12.8 Å². The van der Waals surface area contributed by atoms with E-state index in [1.54, 1.807) is 0 Å². The zero-order valence-corrected chi connectivity index (χ0v) is 23.4. The number of hydrogen-bond donors (Lipinski definition) is 3. The number of rotatable bonds is 28. The molecule has 6 nitrogen and oxygen atoms in total. The number of carbonyl (C=O) groups is 3. The number of carbonyl (C=O) groups excluding carboxylic acids is 1. The van der Waals surface area contributed by atoms with Gasteiger partial charge in [-0.1, -0.05) is 142 Å². The minimum absolute atomic E-state index is 0.0875. The highest BCUT2D eigenvalue weighted by Gasteiger charge is 2.20. The molecule has 0 bridgehead atoms. The predicted octanol–water partition coefficient (Wildman–Crippen LogP) is 8.41. The molecular formula is C30H57NO5. The molecule has 6 heteroatoms. The number of aliphatic carboxylic acids is 2. The Hall–Kier alpha value is -1.59. The van der Waals surface area contributed by atoms with E-state index in [9.17, 15) is 14.4 Å². The second-order valence-corrected chi connectivity index (χ2v) is 10.6. The van der Waals surface area contributed by atoms with Gasteiger partial charge in [-0.15, -0.1) is 0 Å². The van der Waals surface area contributed by atoms with Crippen molar-refractivity contribution in [3.8, 4) is 0 Å². The molecule has 0 aliphatic carbocycles. The zero-order valence-electron chi connectivity index (χ0n) is 23.4. The number of unbranched alkanes of at least 4 members (excludes halogenated alkanes) is 21. The van der Waals surface area contributed by atoms with Crippen LogP contribution in [0.2, 0.25) is 0 Å². The van der Waals surface area contributed by atoms with Crippen LogP contribution >= 0.6 is 0 Å². The van der Waals surface area contributed by atoms with Crippen LogP contribution in [0.3, 0.4) is 0 Å². The molecule has 0 saturated heterocycles. The van der Waals surface area contributed by atoms with Crippen molar-refractivity contribution in [1.29, 1.82) is 0 Å². The fraction of sp³-hybridized carbons (Fsp3) is 0.900. The summed E-state index contributed by atoms with van der Waals surface area (Å²) in [4.78, 5) is 33.6. The van der Waals surface area contributed by atoms with Crippen LogP contribution in [-0.4, -0.2) is 34.1 Å². The lowest BCUT2D eigenvalue weighted by molar-refractivity contribution is -0.143. The molecule has 36 heavy (non-hydrogen) atoms. The van der Waals surface area contributed by atoms with Crippen molar-refractivity contribution in [3.05, 3.63) is 0 Å². The number of carboxylic acid groups (broad SMARTS) is 2. The van der Waals surface area contributed by atoms with Crippen molar-refractivity contribution >= 4 is 17.8 Å². The van der Waals surface area contributed by atoms with E-state index in [0.717, 1.165) is 19.3 Å². The Bertz CT molecular complexity index is 537. The maximum Gasteiger partial charge on any atom is 0.326 e. The molecule has 0 unspecified atom stereocenters. The van der Waals surface area contributed by atoms with Gasteiger partial charge < -0.3 is 15.5 Å². The van der Waals surface area contributed by atoms with Crippen LogP contribution < -0.4 is 5.32 Å². The van der Waals surface area contributed by atoms with Gasteiger partial charge >= 0.3 is 11.9 Å². The molecule has 0 fully saturated rings. The summed E-state index contributed by atoms with van der Waals surface area (Å²) in [6.07, 6.45) is 29.0. The van der Waals surface area contributed by atoms with E-state index in [0.29, 0.717) is 6.42 Å². The lowest BCUT2D eigenvalue weighted by Crippen LogP contribution is -2.41. The van der Waals surface area contributed by atoms with Crippen LogP contribution in [0.15, 0.2) is 0 Å². The van der Waals surface area contributed by atoms with E-state index in [2.05, 4.69) is 12.2 Å². The summed E-state index contributed by atoms with van der Waals surface area (Å²) in [6.45, 7) is 2.28. The molecule has 0 rings (SSSR count). The lowest BCUT2D eigenvalue weighted by Gasteiger charge is -2.13. The maximum atomic E-state index is 11.9. The number of nitrogens with one attached hydrogen (secondary N) is 1. The van der Waals surface area contributed by atoms with E-state index in [-0.39, 0.29) is 18.7 Å². The standard InChI is InChI=1S/C30H57NO5/c1-2-3-4-5-6-7-8-9-10-11-12-13-14-15-16-17-18-19-20-21-22-23-24-28(32)31-27(30(35)36)25-26-29(33)34/h27H,2-26H2,1H3,(H,31,32)(H,33,34)(H,35,36)/t27-/m0/s1. The summed E-state index contributed by atoms with van der Waals surface area (Å²) >= 11 is 0. The average molecular weight is 512 g/mol. The quantitative estimate of drug-likeness (QED) is 0.0915. The van der Waals surface area contributed by atoms with Crippen molar-refractivity contribution in [1.82, 2.24) is 5.32 Å². The van der Waals surface area contributed by atoms with Crippen LogP contribution in [0, 0.1) is 0 Å². The Morgan fingerprint density at radius 3 is 1.17 bits per heavy atom. The number of carboxylic acids is 2. The normalized spacial score (nSPS) is 11.9. The highest BCUT2D eigenvalue weighted by molar-refractivity contribution is 5.83. The molecule has 1 atom stereocenters. The first kappa shape index (κ1) is 34.4. The van der Waals surface area contributed by atoms with E-state index in [4.69, 9.17) is 10.2 Å². The van der Waals surface area contributed by atoms with Crippen LogP contribution in [0.5, 0.6) is 0 Å². The fourth-order valence-corrected chi connectivity index (χ4v) is 4.69. The first-order chi connectivity index (χ1) is 17.5. The lowest BCUT2D eigenvalue weighted by atomic mass is 10.0. The van der Waals surface area contributed by atoms with E-state index in [1.807, 2.05) is 0 Å². The van der Waals surface area contributed by atoms with Gasteiger partial charge in [0.15, 0.2) is 0 Å². The molecule has 1 amide bonds. The second-order valence-electron chi connectivity index (χ2n) is 10.6. The molecule has 0 spiro atoms. The Morgan fingerprint density at radius 2 is 0.861 bits per heavy atom. The van der Waals surface area contributed by atoms with Crippen molar-refractivity contribution in [2.45, 2.75) is 173 Å². The first-order valence-electron chi connectivity index (χ1n) is 15.2. The summed E-state index contributed by atoms with van der Waals surface area (Å²) in [5.74, 6) is -2.55. The van der Waals surface area contributed by atoms with Crippen LogP contribution in [-0.2, 0) is 14.4 Å². The minimum atomic E-state index is -1.18. The largest absolute Gasteiger partial charge is 0.481 e. The van der Waals surface area contributed by atoms with Gasteiger partial charge in [0.05, 0.1) is 0 Å². The molecule has 0 aromatic heterocycles. The van der Waals surface area contributed by atoms with Crippen LogP contribution in [0.1, 0.15) is 167 Å². The number of hydrogen-bond acceptors (Lipinski definition) is 3. The zero-order chi connectivity index (χ0) is 26.7. The van der Waals surface area contributed by atoms with Gasteiger partial charge in [0.2, 0.25) is 5.91 Å². The second kappa shape index (κ2) is 26.5. The summed E-state index contributed by atoms with van der Waals surface area (Å²) < 4.78 is 0. The third-order valence-electron chi connectivity index (χ3n) is 7.04. The van der Waals surface area contributed by atoms with Crippen LogP contribution in [0.25, 0.3) is 0 Å². The van der Waals surface area contributed by atoms with E-state index >= 15 is 0 Å². The molecular weight excluding hydrogens is 454 g/mol. The monoisotopic (exact) mass is 511 g/mol. The van der Waals surface area contributed by atoms with Gasteiger partial charge in [-0.25, -0.2) is 4.79 Å².